The van der Waals surface area contributed by atoms with Gasteiger partial charge in [-0.3, -0.25) is 0 Å². The average molecular weight is 282 g/mol. The highest BCUT2D eigenvalue weighted by molar-refractivity contribution is 7.80. The molecule has 1 aliphatic rings. The van der Waals surface area contributed by atoms with E-state index in [0.717, 1.165) is 38.2 Å². The molecule has 1 aromatic rings. The normalized spacial score (nSPS) is 16.6. The van der Waals surface area contributed by atoms with Crippen LogP contribution in [-0.4, -0.2) is 30.8 Å². The van der Waals surface area contributed by atoms with E-state index in [-0.39, 0.29) is 10.8 Å². The van der Waals surface area contributed by atoms with Gasteiger partial charge in [0, 0.05) is 30.9 Å². The smallest absolute Gasteiger partial charge is 0.124 e. The Labute approximate surface area is 118 Å². The van der Waals surface area contributed by atoms with Crippen LogP contribution in [0.3, 0.4) is 0 Å². The lowest BCUT2D eigenvalue weighted by atomic mass is 10.0. The summed E-state index contributed by atoms with van der Waals surface area (Å²) in [6.45, 7) is 4.52. The minimum atomic E-state index is -0.309. The molecule has 3 nitrogen and oxygen atoms in total. The standard InChI is InChI=1S/C14H19FN2OS/c1-2-18-11-5-7-17(8-6-11)13-4-3-10(15)9-12(13)14(16)19/h3-4,9,11H,2,5-8H2,1H3,(H2,16,19). The number of ether oxygens (including phenoxy) is 1. The molecule has 2 rings (SSSR count). The Bertz CT molecular complexity index is 459. The summed E-state index contributed by atoms with van der Waals surface area (Å²) >= 11 is 5.00. The third-order valence-corrected chi connectivity index (χ3v) is 3.63. The molecule has 0 amide bonds. The summed E-state index contributed by atoms with van der Waals surface area (Å²) in [5.74, 6) is -0.309. The molecule has 1 saturated heterocycles. The van der Waals surface area contributed by atoms with Crippen LogP contribution in [0.1, 0.15) is 25.3 Å². The molecule has 1 aliphatic heterocycles. The zero-order valence-electron chi connectivity index (χ0n) is 11.1. The van der Waals surface area contributed by atoms with Gasteiger partial charge >= 0.3 is 0 Å². The Morgan fingerprint density at radius 1 is 1.47 bits per heavy atom. The summed E-state index contributed by atoms with van der Waals surface area (Å²) < 4.78 is 18.9. The fraction of sp³-hybridized carbons (Fsp3) is 0.500. The van der Waals surface area contributed by atoms with Gasteiger partial charge in [-0.05, 0) is 38.0 Å². The van der Waals surface area contributed by atoms with Crippen LogP contribution in [0, 0.1) is 5.82 Å². The van der Waals surface area contributed by atoms with E-state index in [1.807, 2.05) is 6.92 Å². The second-order valence-corrected chi connectivity index (χ2v) is 5.11. The fourth-order valence-corrected chi connectivity index (χ4v) is 2.64. The lowest BCUT2D eigenvalue weighted by molar-refractivity contribution is 0.0459. The fourth-order valence-electron chi connectivity index (χ4n) is 2.48. The molecule has 1 fully saturated rings. The molecule has 5 heteroatoms. The minimum Gasteiger partial charge on any atom is -0.389 e. The number of nitrogens with two attached hydrogens (primary N) is 1. The molecule has 19 heavy (non-hydrogen) atoms. The number of benzene rings is 1. The number of halogens is 1. The van der Waals surface area contributed by atoms with Gasteiger partial charge in [0.25, 0.3) is 0 Å². The quantitative estimate of drug-likeness (QED) is 0.861. The number of piperidine rings is 1. The SMILES string of the molecule is CCOC1CCN(c2ccc(F)cc2C(N)=S)CC1. The summed E-state index contributed by atoms with van der Waals surface area (Å²) in [5.41, 5.74) is 7.21. The summed E-state index contributed by atoms with van der Waals surface area (Å²) in [6.07, 6.45) is 2.28. The van der Waals surface area contributed by atoms with Crippen LogP contribution in [0.5, 0.6) is 0 Å². The van der Waals surface area contributed by atoms with E-state index in [2.05, 4.69) is 4.90 Å². The molecule has 0 atom stereocenters. The van der Waals surface area contributed by atoms with Crippen molar-refractivity contribution < 1.29 is 9.13 Å². The topological polar surface area (TPSA) is 38.5 Å². The monoisotopic (exact) mass is 282 g/mol. The molecular formula is C14H19FN2OS. The highest BCUT2D eigenvalue weighted by atomic mass is 32.1. The maximum absolute atomic E-state index is 13.3. The lowest BCUT2D eigenvalue weighted by Gasteiger charge is -2.34. The van der Waals surface area contributed by atoms with Gasteiger partial charge in [0.1, 0.15) is 10.8 Å². The van der Waals surface area contributed by atoms with Crippen molar-refractivity contribution in [1.82, 2.24) is 0 Å². The molecule has 0 unspecified atom stereocenters. The molecule has 0 radical (unpaired) electrons. The Hall–Kier alpha value is -1.20. The highest BCUT2D eigenvalue weighted by Crippen LogP contribution is 2.26. The highest BCUT2D eigenvalue weighted by Gasteiger charge is 2.21. The van der Waals surface area contributed by atoms with E-state index in [0.29, 0.717) is 11.7 Å². The van der Waals surface area contributed by atoms with E-state index in [4.69, 9.17) is 22.7 Å². The lowest BCUT2D eigenvalue weighted by Crippen LogP contribution is -2.38. The number of hydrogen-bond donors (Lipinski definition) is 1. The Balaban J connectivity index is 2.13. The number of thiocarbonyl (C=S) groups is 1. The van der Waals surface area contributed by atoms with E-state index in [9.17, 15) is 4.39 Å². The van der Waals surface area contributed by atoms with Crippen LogP contribution < -0.4 is 10.6 Å². The van der Waals surface area contributed by atoms with E-state index in [1.54, 1.807) is 6.07 Å². The first-order valence-corrected chi connectivity index (χ1v) is 6.98. The van der Waals surface area contributed by atoms with Crippen molar-refractivity contribution >= 4 is 22.9 Å². The molecule has 2 N–H and O–H groups in total. The van der Waals surface area contributed by atoms with Crippen molar-refractivity contribution in [3.05, 3.63) is 29.6 Å². The number of anilines is 1. The van der Waals surface area contributed by atoms with Crippen molar-refractivity contribution in [3.63, 3.8) is 0 Å². The predicted octanol–water partition coefficient (Wildman–Crippen LogP) is 2.47. The molecule has 0 aromatic heterocycles. The van der Waals surface area contributed by atoms with Crippen molar-refractivity contribution in [1.29, 1.82) is 0 Å². The first kappa shape index (κ1) is 14.2. The minimum absolute atomic E-state index is 0.237. The molecular weight excluding hydrogens is 263 g/mol. The van der Waals surface area contributed by atoms with Crippen molar-refractivity contribution in [2.45, 2.75) is 25.9 Å². The molecule has 0 bridgehead atoms. The summed E-state index contributed by atoms with van der Waals surface area (Å²) in [4.78, 5) is 2.44. The first-order chi connectivity index (χ1) is 9.11. The van der Waals surface area contributed by atoms with Gasteiger partial charge in [0.2, 0.25) is 0 Å². The van der Waals surface area contributed by atoms with E-state index in [1.165, 1.54) is 12.1 Å². The largest absolute Gasteiger partial charge is 0.389 e. The molecule has 104 valence electrons. The Morgan fingerprint density at radius 2 is 2.16 bits per heavy atom. The van der Waals surface area contributed by atoms with Gasteiger partial charge < -0.3 is 15.4 Å². The van der Waals surface area contributed by atoms with Gasteiger partial charge in [-0.2, -0.15) is 0 Å². The van der Waals surface area contributed by atoms with Crippen LogP contribution in [0.2, 0.25) is 0 Å². The average Bonchev–Trinajstić information content (AvgIpc) is 2.40. The number of rotatable bonds is 4. The van der Waals surface area contributed by atoms with Crippen molar-refractivity contribution in [2.24, 2.45) is 5.73 Å². The molecule has 1 heterocycles. The maximum Gasteiger partial charge on any atom is 0.124 e. The maximum atomic E-state index is 13.3. The summed E-state index contributed by atoms with van der Waals surface area (Å²) in [6, 6.07) is 4.61. The van der Waals surface area contributed by atoms with Crippen LogP contribution in [0.4, 0.5) is 10.1 Å². The number of hydrogen-bond acceptors (Lipinski definition) is 3. The number of nitrogens with zero attached hydrogens (tertiary/aromatic N) is 1. The third-order valence-electron chi connectivity index (χ3n) is 3.41. The second kappa shape index (κ2) is 6.30. The first-order valence-electron chi connectivity index (χ1n) is 6.57. The predicted molar refractivity (Wildman–Crippen MR) is 79.1 cm³/mol. The molecule has 0 aliphatic carbocycles. The van der Waals surface area contributed by atoms with Gasteiger partial charge in [-0.25, -0.2) is 4.39 Å². The van der Waals surface area contributed by atoms with Crippen molar-refractivity contribution in [3.8, 4) is 0 Å². The summed E-state index contributed by atoms with van der Waals surface area (Å²) in [5, 5.41) is 0. The second-order valence-electron chi connectivity index (χ2n) is 4.67. The van der Waals surface area contributed by atoms with Crippen LogP contribution in [-0.2, 0) is 4.74 Å². The van der Waals surface area contributed by atoms with Gasteiger partial charge in [0.05, 0.1) is 6.10 Å². The van der Waals surface area contributed by atoms with E-state index < -0.39 is 0 Å². The zero-order chi connectivity index (χ0) is 13.8. The molecule has 1 aromatic carbocycles. The van der Waals surface area contributed by atoms with Crippen LogP contribution in [0.25, 0.3) is 0 Å². The Morgan fingerprint density at radius 3 is 2.74 bits per heavy atom. The Kier molecular flexibility index (Phi) is 4.71. The van der Waals surface area contributed by atoms with Gasteiger partial charge in [0.15, 0.2) is 0 Å². The molecule has 0 saturated carbocycles. The summed E-state index contributed by atoms with van der Waals surface area (Å²) in [7, 11) is 0. The van der Waals surface area contributed by atoms with E-state index >= 15 is 0 Å². The molecule has 0 spiro atoms. The van der Waals surface area contributed by atoms with Crippen molar-refractivity contribution in [2.75, 3.05) is 24.6 Å². The third kappa shape index (κ3) is 3.42. The van der Waals surface area contributed by atoms with Gasteiger partial charge in [-0.1, -0.05) is 12.2 Å². The van der Waals surface area contributed by atoms with Gasteiger partial charge in [-0.15, -0.1) is 0 Å². The van der Waals surface area contributed by atoms with Crippen LogP contribution in [0.15, 0.2) is 18.2 Å². The van der Waals surface area contributed by atoms with Crippen LogP contribution >= 0.6 is 12.2 Å². The zero-order valence-corrected chi connectivity index (χ0v) is 11.9.